The van der Waals surface area contributed by atoms with E-state index in [9.17, 15) is 24.0 Å². The first-order valence-corrected chi connectivity index (χ1v) is 12.0. The second-order valence-corrected chi connectivity index (χ2v) is 8.48. The molecular formula is C29H25NO7. The van der Waals surface area contributed by atoms with Crippen LogP contribution in [0.25, 0.3) is 0 Å². The number of esters is 2. The number of fused-ring (bicyclic) bond motifs is 1. The Morgan fingerprint density at radius 3 is 1.95 bits per heavy atom. The van der Waals surface area contributed by atoms with Crippen molar-refractivity contribution in [2.24, 2.45) is 0 Å². The first-order chi connectivity index (χ1) is 17.9. The number of nitrogens with zero attached hydrogens (tertiary/aromatic N) is 1. The van der Waals surface area contributed by atoms with E-state index in [1.54, 1.807) is 54.6 Å². The van der Waals surface area contributed by atoms with Gasteiger partial charge in [0.15, 0.2) is 12.4 Å². The van der Waals surface area contributed by atoms with Crippen LogP contribution in [0.4, 0.5) is 0 Å². The number of rotatable bonds is 11. The summed E-state index contributed by atoms with van der Waals surface area (Å²) < 4.78 is 10.4. The molecule has 0 saturated carbocycles. The fraction of sp³-hybridized carbons (Fsp3) is 0.207. The van der Waals surface area contributed by atoms with E-state index < -0.39 is 18.5 Å². The van der Waals surface area contributed by atoms with Gasteiger partial charge in [0.1, 0.15) is 5.75 Å². The van der Waals surface area contributed by atoms with Crippen LogP contribution >= 0.6 is 0 Å². The van der Waals surface area contributed by atoms with Crippen LogP contribution in [0.1, 0.15) is 67.1 Å². The number of carbonyl (C=O) groups is 5. The lowest BCUT2D eigenvalue weighted by atomic mass is 10.1. The van der Waals surface area contributed by atoms with Crippen molar-refractivity contribution in [1.82, 2.24) is 4.90 Å². The van der Waals surface area contributed by atoms with Gasteiger partial charge in [-0.3, -0.25) is 24.1 Å². The van der Waals surface area contributed by atoms with Gasteiger partial charge < -0.3 is 9.47 Å². The zero-order valence-electron chi connectivity index (χ0n) is 20.1. The van der Waals surface area contributed by atoms with Gasteiger partial charge >= 0.3 is 11.9 Å². The topological polar surface area (TPSA) is 107 Å². The summed E-state index contributed by atoms with van der Waals surface area (Å²) in [6.45, 7) is -0.104. The highest BCUT2D eigenvalue weighted by Crippen LogP contribution is 2.23. The van der Waals surface area contributed by atoms with Gasteiger partial charge in [0.05, 0.1) is 16.7 Å². The Morgan fingerprint density at radius 1 is 0.676 bits per heavy atom. The number of hydrogen-bond acceptors (Lipinski definition) is 7. The van der Waals surface area contributed by atoms with E-state index in [0.717, 1.165) is 0 Å². The van der Waals surface area contributed by atoms with E-state index in [1.807, 2.05) is 0 Å². The van der Waals surface area contributed by atoms with Crippen molar-refractivity contribution in [3.63, 3.8) is 0 Å². The highest BCUT2D eigenvalue weighted by molar-refractivity contribution is 6.21. The Bertz CT molecular complexity index is 1280. The number of imide groups is 1. The number of hydrogen-bond donors (Lipinski definition) is 0. The number of amides is 2. The molecule has 0 bridgehead atoms. The minimum atomic E-state index is -0.502. The molecule has 2 amide bonds. The number of unbranched alkanes of at least 4 members (excludes halogenated alkanes) is 2. The largest absolute Gasteiger partial charge is 0.457 e. The maximum atomic E-state index is 12.3. The molecule has 0 spiro atoms. The third-order valence-corrected chi connectivity index (χ3v) is 5.90. The lowest BCUT2D eigenvalue weighted by molar-refractivity contribution is -0.142. The fourth-order valence-electron chi connectivity index (χ4n) is 3.91. The lowest BCUT2D eigenvalue weighted by Gasteiger charge is -2.13. The van der Waals surface area contributed by atoms with E-state index in [-0.39, 0.29) is 30.6 Å². The number of benzene rings is 3. The average molecular weight is 500 g/mol. The molecule has 0 aromatic heterocycles. The van der Waals surface area contributed by atoms with Crippen molar-refractivity contribution >= 4 is 29.5 Å². The van der Waals surface area contributed by atoms with Crippen LogP contribution < -0.4 is 4.74 Å². The van der Waals surface area contributed by atoms with Gasteiger partial charge in [0.25, 0.3) is 11.8 Å². The molecule has 0 saturated heterocycles. The van der Waals surface area contributed by atoms with Crippen LogP contribution in [-0.4, -0.2) is 47.6 Å². The van der Waals surface area contributed by atoms with Crippen molar-refractivity contribution in [2.45, 2.75) is 25.7 Å². The molecule has 0 unspecified atom stereocenters. The summed E-state index contributed by atoms with van der Waals surface area (Å²) in [5.74, 6) is -1.66. The molecule has 3 aromatic rings. The van der Waals surface area contributed by atoms with Crippen LogP contribution in [0.2, 0.25) is 0 Å². The van der Waals surface area contributed by atoms with E-state index in [4.69, 9.17) is 9.47 Å². The maximum Gasteiger partial charge on any atom is 0.343 e. The van der Waals surface area contributed by atoms with Crippen LogP contribution in [0, 0.1) is 0 Å². The Kier molecular flexibility index (Phi) is 8.20. The minimum absolute atomic E-state index is 0.129. The molecule has 1 heterocycles. The summed E-state index contributed by atoms with van der Waals surface area (Å²) in [6, 6.07) is 21.3. The normalized spacial score (nSPS) is 12.3. The molecule has 0 aliphatic carbocycles. The number of Topliss-reactive ketones (excluding diaryl/α,β-unsaturated/α-hetero) is 1. The predicted molar refractivity (Wildman–Crippen MR) is 133 cm³/mol. The zero-order valence-corrected chi connectivity index (χ0v) is 20.1. The van der Waals surface area contributed by atoms with Crippen molar-refractivity contribution in [1.29, 1.82) is 0 Å². The Morgan fingerprint density at radius 2 is 1.30 bits per heavy atom. The summed E-state index contributed by atoms with van der Waals surface area (Å²) in [6.07, 6.45) is 1.83. The van der Waals surface area contributed by atoms with Crippen LogP contribution in [0.3, 0.4) is 0 Å². The van der Waals surface area contributed by atoms with Gasteiger partial charge in [-0.15, -0.1) is 0 Å². The highest BCUT2D eigenvalue weighted by atomic mass is 16.5. The molecule has 0 fully saturated rings. The summed E-state index contributed by atoms with van der Waals surface area (Å²) >= 11 is 0. The van der Waals surface area contributed by atoms with Crippen LogP contribution in [0.5, 0.6) is 5.75 Å². The first-order valence-electron chi connectivity index (χ1n) is 12.0. The molecule has 8 nitrogen and oxygen atoms in total. The van der Waals surface area contributed by atoms with E-state index in [0.29, 0.717) is 47.3 Å². The minimum Gasteiger partial charge on any atom is -0.457 e. The smallest absolute Gasteiger partial charge is 0.343 e. The third-order valence-electron chi connectivity index (χ3n) is 5.90. The SMILES string of the molecule is O=C(CCCCCN1C(=O)c2ccccc2C1=O)OCC(=O)c1ccc(OC(=O)c2ccccc2)cc1. The van der Waals surface area contributed by atoms with Crippen molar-refractivity contribution in [2.75, 3.05) is 13.2 Å². The molecular weight excluding hydrogens is 474 g/mol. The molecule has 37 heavy (non-hydrogen) atoms. The average Bonchev–Trinajstić information content (AvgIpc) is 3.17. The molecule has 3 aromatic carbocycles. The first kappa shape index (κ1) is 25.5. The molecule has 8 heteroatoms. The molecule has 1 aliphatic heterocycles. The van der Waals surface area contributed by atoms with Crippen molar-refractivity contribution < 1.29 is 33.4 Å². The third kappa shape index (κ3) is 6.35. The second kappa shape index (κ2) is 11.9. The number of ketones is 1. The van der Waals surface area contributed by atoms with E-state index in [1.165, 1.54) is 29.2 Å². The zero-order chi connectivity index (χ0) is 26.2. The molecule has 188 valence electrons. The quantitative estimate of drug-likeness (QED) is 0.126. The van der Waals surface area contributed by atoms with Gasteiger partial charge in [-0.25, -0.2) is 4.79 Å². The Labute approximate surface area is 213 Å². The Hall–Kier alpha value is -4.59. The molecule has 0 N–H and O–H groups in total. The lowest BCUT2D eigenvalue weighted by Crippen LogP contribution is -2.30. The number of ether oxygens (including phenoxy) is 2. The predicted octanol–water partition coefficient (Wildman–Crippen LogP) is 4.49. The van der Waals surface area contributed by atoms with Gasteiger partial charge in [0, 0.05) is 18.5 Å². The van der Waals surface area contributed by atoms with Crippen molar-refractivity contribution in [3.8, 4) is 5.75 Å². The van der Waals surface area contributed by atoms with Gasteiger partial charge in [-0.2, -0.15) is 0 Å². The molecule has 1 aliphatic rings. The summed E-state index contributed by atoms with van der Waals surface area (Å²) in [5, 5.41) is 0. The second-order valence-electron chi connectivity index (χ2n) is 8.48. The van der Waals surface area contributed by atoms with Crippen LogP contribution in [-0.2, 0) is 9.53 Å². The standard InChI is InChI=1S/C29H25NO7/c31-25(20-14-16-22(17-15-20)37-29(35)21-9-3-1-4-10-21)19-36-26(32)13-5-2-8-18-30-27(33)23-11-6-7-12-24(23)28(30)34/h1,3-4,6-7,9-12,14-17H,2,5,8,13,18-19H2. The van der Waals surface area contributed by atoms with E-state index >= 15 is 0 Å². The van der Waals surface area contributed by atoms with E-state index in [2.05, 4.69) is 0 Å². The summed E-state index contributed by atoms with van der Waals surface area (Å²) in [7, 11) is 0. The Balaban J connectivity index is 1.13. The highest BCUT2D eigenvalue weighted by Gasteiger charge is 2.34. The fourth-order valence-corrected chi connectivity index (χ4v) is 3.91. The van der Waals surface area contributed by atoms with Crippen LogP contribution in [0.15, 0.2) is 78.9 Å². The van der Waals surface area contributed by atoms with Crippen molar-refractivity contribution in [3.05, 3.63) is 101 Å². The molecule has 0 radical (unpaired) electrons. The van der Waals surface area contributed by atoms with Gasteiger partial charge in [0.2, 0.25) is 0 Å². The van der Waals surface area contributed by atoms with Gasteiger partial charge in [-0.05, 0) is 61.4 Å². The summed E-state index contributed by atoms with van der Waals surface area (Å²) in [4.78, 5) is 62.4. The molecule has 0 atom stereocenters. The summed E-state index contributed by atoms with van der Waals surface area (Å²) in [5.41, 5.74) is 1.58. The molecule has 4 rings (SSSR count). The number of carbonyl (C=O) groups excluding carboxylic acids is 5. The maximum absolute atomic E-state index is 12.3. The van der Waals surface area contributed by atoms with Gasteiger partial charge in [-0.1, -0.05) is 36.8 Å². The monoisotopic (exact) mass is 499 g/mol.